The molecular formula is C21H20N2O2. The average Bonchev–Trinajstić information content (AvgIpc) is 3.07. The Morgan fingerprint density at radius 1 is 0.960 bits per heavy atom. The van der Waals surface area contributed by atoms with Crippen LogP contribution < -0.4 is 15.4 Å². The summed E-state index contributed by atoms with van der Waals surface area (Å²) in [5.41, 5.74) is 3.49. The van der Waals surface area contributed by atoms with E-state index in [4.69, 9.17) is 4.74 Å². The van der Waals surface area contributed by atoms with Crippen LogP contribution in [0.3, 0.4) is 0 Å². The summed E-state index contributed by atoms with van der Waals surface area (Å²) in [5, 5.41) is 5.77. The zero-order valence-electron chi connectivity index (χ0n) is 14.1. The highest BCUT2D eigenvalue weighted by atomic mass is 16.5. The van der Waals surface area contributed by atoms with Gasteiger partial charge in [0.05, 0.1) is 12.7 Å². The molecule has 2 aromatic rings. The van der Waals surface area contributed by atoms with Gasteiger partial charge in [-0.3, -0.25) is 0 Å². The number of nitrogens with one attached hydrogen (secondary N) is 2. The third-order valence-electron chi connectivity index (χ3n) is 3.97. The van der Waals surface area contributed by atoms with Crippen LogP contribution in [0.5, 0.6) is 5.75 Å². The van der Waals surface area contributed by atoms with Crippen LogP contribution in [0, 0.1) is 11.8 Å². The normalized spacial score (nSPS) is 13.0. The third-order valence-corrected chi connectivity index (χ3v) is 3.97. The van der Waals surface area contributed by atoms with E-state index in [1.807, 2.05) is 54.6 Å². The fraction of sp³-hybridized carbons (Fsp3) is 0.190. The summed E-state index contributed by atoms with van der Waals surface area (Å²) in [6.45, 7) is 0. The van der Waals surface area contributed by atoms with E-state index in [-0.39, 0.29) is 6.03 Å². The molecule has 4 heteroatoms. The molecule has 25 heavy (non-hydrogen) atoms. The summed E-state index contributed by atoms with van der Waals surface area (Å²) in [6.07, 6.45) is 2.71. The lowest BCUT2D eigenvalue weighted by molar-refractivity contribution is 0.254. The van der Waals surface area contributed by atoms with Gasteiger partial charge in [0.15, 0.2) is 0 Å². The smallest absolute Gasteiger partial charge is 0.323 e. The molecule has 0 fully saturated rings. The SMILES string of the molecule is COc1ccccc1C#CC1=C(NC(=O)Nc2ccccc2)CCC1. The van der Waals surface area contributed by atoms with Crippen LogP contribution in [0.25, 0.3) is 0 Å². The molecule has 0 radical (unpaired) electrons. The predicted octanol–water partition coefficient (Wildman–Crippen LogP) is 4.31. The second-order valence-electron chi connectivity index (χ2n) is 5.71. The minimum absolute atomic E-state index is 0.236. The van der Waals surface area contributed by atoms with Crippen molar-refractivity contribution in [2.45, 2.75) is 19.3 Å². The number of ether oxygens (including phenoxy) is 1. The van der Waals surface area contributed by atoms with Crippen LogP contribution in [-0.4, -0.2) is 13.1 Å². The second-order valence-corrected chi connectivity index (χ2v) is 5.71. The first-order chi connectivity index (χ1) is 12.3. The van der Waals surface area contributed by atoms with Crippen LogP contribution >= 0.6 is 0 Å². The predicted molar refractivity (Wildman–Crippen MR) is 99.3 cm³/mol. The topological polar surface area (TPSA) is 50.4 Å². The van der Waals surface area contributed by atoms with Crippen LogP contribution in [0.4, 0.5) is 10.5 Å². The summed E-state index contributed by atoms with van der Waals surface area (Å²) in [6, 6.07) is 16.8. The van der Waals surface area contributed by atoms with Gasteiger partial charge in [-0.1, -0.05) is 42.2 Å². The first-order valence-corrected chi connectivity index (χ1v) is 8.26. The fourth-order valence-electron chi connectivity index (χ4n) is 2.73. The molecule has 1 aliphatic carbocycles. The maximum atomic E-state index is 12.2. The molecule has 0 aromatic heterocycles. The molecule has 0 atom stereocenters. The van der Waals surface area contributed by atoms with Gasteiger partial charge in [0.2, 0.25) is 0 Å². The van der Waals surface area contributed by atoms with E-state index in [1.54, 1.807) is 7.11 Å². The molecule has 2 N–H and O–H groups in total. The number of hydrogen-bond acceptors (Lipinski definition) is 2. The average molecular weight is 332 g/mol. The van der Waals surface area contributed by atoms with E-state index in [0.717, 1.165) is 47.5 Å². The van der Waals surface area contributed by atoms with Crippen LogP contribution in [-0.2, 0) is 0 Å². The number of rotatable bonds is 3. The van der Waals surface area contributed by atoms with Gasteiger partial charge in [-0.15, -0.1) is 0 Å². The summed E-state index contributed by atoms with van der Waals surface area (Å²) in [4.78, 5) is 12.2. The molecular weight excluding hydrogens is 312 g/mol. The van der Waals surface area contributed by atoms with E-state index in [9.17, 15) is 4.79 Å². The van der Waals surface area contributed by atoms with Crippen molar-refractivity contribution >= 4 is 11.7 Å². The number of methoxy groups -OCH3 is 1. The van der Waals surface area contributed by atoms with Gasteiger partial charge in [-0.25, -0.2) is 4.79 Å². The van der Waals surface area contributed by atoms with Crippen LogP contribution in [0.2, 0.25) is 0 Å². The van der Waals surface area contributed by atoms with Crippen molar-refractivity contribution in [2.75, 3.05) is 12.4 Å². The second kappa shape index (κ2) is 8.07. The molecule has 2 aromatic carbocycles. The van der Waals surface area contributed by atoms with E-state index in [2.05, 4.69) is 22.5 Å². The van der Waals surface area contributed by atoms with Crippen LogP contribution in [0.1, 0.15) is 24.8 Å². The minimum atomic E-state index is -0.236. The highest BCUT2D eigenvalue weighted by molar-refractivity contribution is 5.90. The summed E-state index contributed by atoms with van der Waals surface area (Å²) >= 11 is 0. The molecule has 2 amide bonds. The largest absolute Gasteiger partial charge is 0.495 e. The van der Waals surface area contributed by atoms with Crippen molar-refractivity contribution in [3.05, 3.63) is 71.4 Å². The Balaban J connectivity index is 1.72. The third kappa shape index (κ3) is 4.42. The van der Waals surface area contributed by atoms with Crippen molar-refractivity contribution in [2.24, 2.45) is 0 Å². The van der Waals surface area contributed by atoms with Crippen molar-refractivity contribution in [3.8, 4) is 17.6 Å². The van der Waals surface area contributed by atoms with Gasteiger partial charge in [0.25, 0.3) is 0 Å². The standard InChI is InChI=1S/C21H20N2O2/c1-25-20-13-6-5-8-17(20)15-14-16-9-7-12-19(16)23-21(24)22-18-10-3-2-4-11-18/h2-6,8,10-11,13H,7,9,12H2,1H3,(H2,22,23,24). The zero-order chi connectivity index (χ0) is 17.5. The maximum Gasteiger partial charge on any atom is 0.323 e. The first-order valence-electron chi connectivity index (χ1n) is 8.26. The number of amides is 2. The molecule has 1 aliphatic rings. The van der Waals surface area contributed by atoms with Gasteiger partial charge in [-0.2, -0.15) is 0 Å². The Bertz CT molecular complexity index is 845. The molecule has 3 rings (SSSR count). The molecule has 0 unspecified atom stereocenters. The number of urea groups is 1. The number of carbonyl (C=O) groups excluding carboxylic acids is 1. The highest BCUT2D eigenvalue weighted by Crippen LogP contribution is 2.24. The number of para-hydroxylation sites is 2. The molecule has 0 bridgehead atoms. The maximum absolute atomic E-state index is 12.2. The number of carbonyl (C=O) groups is 1. The van der Waals surface area contributed by atoms with Gasteiger partial charge in [0.1, 0.15) is 5.75 Å². The Kier molecular flexibility index (Phi) is 5.38. The van der Waals surface area contributed by atoms with Crippen molar-refractivity contribution in [1.82, 2.24) is 5.32 Å². The van der Waals surface area contributed by atoms with Gasteiger partial charge >= 0.3 is 6.03 Å². The van der Waals surface area contributed by atoms with Gasteiger partial charge in [-0.05, 0) is 43.5 Å². The summed E-state index contributed by atoms with van der Waals surface area (Å²) < 4.78 is 5.32. The first kappa shape index (κ1) is 16.7. The molecule has 4 nitrogen and oxygen atoms in total. The van der Waals surface area contributed by atoms with E-state index in [0.29, 0.717) is 0 Å². The number of anilines is 1. The zero-order valence-corrected chi connectivity index (χ0v) is 14.1. The van der Waals surface area contributed by atoms with Gasteiger partial charge < -0.3 is 15.4 Å². The van der Waals surface area contributed by atoms with Crippen molar-refractivity contribution < 1.29 is 9.53 Å². The van der Waals surface area contributed by atoms with Crippen LogP contribution in [0.15, 0.2) is 65.9 Å². The Hall–Kier alpha value is -3.19. The Morgan fingerprint density at radius 3 is 2.52 bits per heavy atom. The lowest BCUT2D eigenvalue weighted by atomic mass is 10.1. The number of hydrogen-bond donors (Lipinski definition) is 2. The van der Waals surface area contributed by atoms with Gasteiger partial charge in [0, 0.05) is 17.0 Å². The monoisotopic (exact) mass is 332 g/mol. The van der Waals surface area contributed by atoms with E-state index < -0.39 is 0 Å². The number of benzene rings is 2. The summed E-state index contributed by atoms with van der Waals surface area (Å²) in [5.74, 6) is 7.11. The molecule has 0 heterocycles. The summed E-state index contributed by atoms with van der Waals surface area (Å²) in [7, 11) is 1.64. The minimum Gasteiger partial charge on any atom is -0.495 e. The lowest BCUT2D eigenvalue weighted by Gasteiger charge is -2.08. The molecule has 0 aliphatic heterocycles. The quantitative estimate of drug-likeness (QED) is 0.823. The highest BCUT2D eigenvalue weighted by Gasteiger charge is 2.15. The molecule has 0 spiro atoms. The molecule has 126 valence electrons. The van der Waals surface area contributed by atoms with E-state index in [1.165, 1.54) is 0 Å². The number of allylic oxidation sites excluding steroid dienone is 2. The van der Waals surface area contributed by atoms with Crippen molar-refractivity contribution in [3.63, 3.8) is 0 Å². The fourth-order valence-corrected chi connectivity index (χ4v) is 2.73. The molecule has 0 saturated heterocycles. The Morgan fingerprint density at radius 2 is 1.72 bits per heavy atom. The van der Waals surface area contributed by atoms with E-state index >= 15 is 0 Å². The van der Waals surface area contributed by atoms with Crippen molar-refractivity contribution in [1.29, 1.82) is 0 Å². The lowest BCUT2D eigenvalue weighted by Crippen LogP contribution is -2.28. The molecule has 0 saturated carbocycles. The Labute approximate surface area is 147 Å².